The number of ketones is 1. The monoisotopic (exact) mass is 203 g/mol. The van der Waals surface area contributed by atoms with Crippen molar-refractivity contribution < 1.29 is 14.7 Å². The quantitative estimate of drug-likeness (QED) is 0.715. The molecule has 0 radical (unpaired) electrons. The van der Waals surface area contributed by atoms with Gasteiger partial charge in [-0.3, -0.25) is 4.79 Å². The van der Waals surface area contributed by atoms with Gasteiger partial charge in [0.25, 0.3) is 0 Å². The van der Waals surface area contributed by atoms with E-state index >= 15 is 0 Å². The third-order valence-electron chi connectivity index (χ3n) is 3.23. The van der Waals surface area contributed by atoms with Gasteiger partial charge in [-0.25, -0.2) is 4.79 Å². The highest BCUT2D eigenvalue weighted by molar-refractivity contribution is 6.10. The number of anilines is 1. The fourth-order valence-electron chi connectivity index (χ4n) is 2.21. The fourth-order valence-corrected chi connectivity index (χ4v) is 2.21. The summed E-state index contributed by atoms with van der Waals surface area (Å²) in [6.07, 6.45) is 0.538. The van der Waals surface area contributed by atoms with Crippen LogP contribution in [0.15, 0.2) is 18.2 Å². The van der Waals surface area contributed by atoms with Crippen molar-refractivity contribution in [2.75, 3.05) is 11.9 Å². The summed E-state index contributed by atoms with van der Waals surface area (Å²) >= 11 is 0. The number of carbonyl (C=O) groups is 2. The molecule has 1 aromatic carbocycles. The van der Waals surface area contributed by atoms with E-state index in [1.165, 1.54) is 0 Å². The molecule has 0 amide bonds. The molecule has 2 aliphatic rings. The summed E-state index contributed by atoms with van der Waals surface area (Å²) in [5.74, 6) is -0.746. The zero-order chi connectivity index (χ0) is 10.6. The molecule has 1 aromatic rings. The number of hydrogen-bond acceptors (Lipinski definition) is 3. The Labute approximate surface area is 85.9 Å². The van der Waals surface area contributed by atoms with E-state index in [1.807, 2.05) is 0 Å². The van der Waals surface area contributed by atoms with E-state index in [2.05, 4.69) is 5.32 Å². The Hall–Kier alpha value is -1.84. The first kappa shape index (κ1) is 8.47. The van der Waals surface area contributed by atoms with Gasteiger partial charge in [0, 0.05) is 18.7 Å². The summed E-state index contributed by atoms with van der Waals surface area (Å²) in [5.41, 5.74) is 1.59. The summed E-state index contributed by atoms with van der Waals surface area (Å²) in [4.78, 5) is 22.2. The third-order valence-corrected chi connectivity index (χ3v) is 3.23. The SMILES string of the molecule is O=C(O)c1ccc2c(c1)C1(CN2)CC1=O. The molecular weight excluding hydrogens is 194 g/mol. The average Bonchev–Trinajstić information content (AvgIpc) is 2.70. The molecule has 0 aromatic heterocycles. The topological polar surface area (TPSA) is 66.4 Å². The van der Waals surface area contributed by atoms with E-state index in [-0.39, 0.29) is 11.3 Å². The van der Waals surface area contributed by atoms with Crippen molar-refractivity contribution in [2.45, 2.75) is 11.8 Å². The first-order valence-electron chi connectivity index (χ1n) is 4.78. The van der Waals surface area contributed by atoms with Crippen molar-refractivity contribution in [1.82, 2.24) is 0 Å². The maximum atomic E-state index is 11.4. The van der Waals surface area contributed by atoms with Crippen LogP contribution in [0, 0.1) is 0 Å². The summed E-state index contributed by atoms with van der Waals surface area (Å²) in [6.45, 7) is 0.615. The average molecular weight is 203 g/mol. The second-order valence-electron chi connectivity index (χ2n) is 4.10. The van der Waals surface area contributed by atoms with Gasteiger partial charge < -0.3 is 10.4 Å². The van der Waals surface area contributed by atoms with Crippen molar-refractivity contribution in [3.63, 3.8) is 0 Å². The molecule has 4 heteroatoms. The van der Waals surface area contributed by atoms with Crippen molar-refractivity contribution in [1.29, 1.82) is 0 Å². The molecule has 1 aliphatic heterocycles. The molecule has 3 rings (SSSR count). The normalized spacial score (nSPS) is 26.3. The van der Waals surface area contributed by atoms with Crippen molar-refractivity contribution >= 4 is 17.4 Å². The van der Waals surface area contributed by atoms with Crippen LogP contribution in [-0.2, 0) is 10.2 Å². The standard InChI is InChI=1S/C11H9NO3/c13-9-4-11(9)5-12-8-2-1-6(10(14)15)3-7(8)11/h1-3,12H,4-5H2,(H,14,15). The lowest BCUT2D eigenvalue weighted by atomic mass is 9.96. The van der Waals surface area contributed by atoms with Gasteiger partial charge in [-0.05, 0) is 23.8 Å². The maximum Gasteiger partial charge on any atom is 0.335 e. The minimum absolute atomic E-state index is 0.205. The van der Waals surface area contributed by atoms with Gasteiger partial charge in [0.2, 0.25) is 0 Å². The van der Waals surface area contributed by atoms with Gasteiger partial charge >= 0.3 is 5.97 Å². The number of aromatic carboxylic acids is 1. The number of Topliss-reactive ketones (excluding diaryl/α,β-unsaturated/α-hetero) is 1. The molecule has 0 saturated heterocycles. The summed E-state index contributed by atoms with van der Waals surface area (Å²) in [6, 6.07) is 4.90. The predicted octanol–water partition coefficient (Wildman–Crippen LogP) is 1.02. The molecule has 76 valence electrons. The zero-order valence-electron chi connectivity index (χ0n) is 7.91. The number of carboxylic acids is 1. The van der Waals surface area contributed by atoms with Crippen LogP contribution >= 0.6 is 0 Å². The molecule has 1 heterocycles. The minimum Gasteiger partial charge on any atom is -0.478 e. The highest BCUT2D eigenvalue weighted by Crippen LogP contribution is 2.51. The van der Waals surface area contributed by atoms with Gasteiger partial charge in [0.1, 0.15) is 5.78 Å². The first-order valence-corrected chi connectivity index (χ1v) is 4.78. The Kier molecular flexibility index (Phi) is 1.35. The second-order valence-corrected chi connectivity index (χ2v) is 4.10. The molecule has 1 saturated carbocycles. The Bertz CT molecular complexity index is 495. The molecule has 15 heavy (non-hydrogen) atoms. The number of benzene rings is 1. The van der Waals surface area contributed by atoms with Gasteiger partial charge in [0.05, 0.1) is 11.0 Å². The second kappa shape index (κ2) is 2.39. The zero-order valence-corrected chi connectivity index (χ0v) is 7.91. The van der Waals surface area contributed by atoms with Crippen LogP contribution in [0.25, 0.3) is 0 Å². The number of rotatable bonds is 1. The van der Waals surface area contributed by atoms with Crippen LogP contribution in [0.4, 0.5) is 5.69 Å². The number of carbonyl (C=O) groups excluding carboxylic acids is 1. The fraction of sp³-hybridized carbons (Fsp3) is 0.273. The van der Waals surface area contributed by atoms with E-state index in [9.17, 15) is 9.59 Å². The van der Waals surface area contributed by atoms with E-state index in [0.717, 1.165) is 11.3 Å². The Morgan fingerprint density at radius 1 is 1.47 bits per heavy atom. The minimum atomic E-state index is -0.951. The van der Waals surface area contributed by atoms with E-state index in [4.69, 9.17) is 5.11 Å². The lowest BCUT2D eigenvalue weighted by Crippen LogP contribution is -2.12. The summed E-state index contributed by atoms with van der Waals surface area (Å²) in [7, 11) is 0. The van der Waals surface area contributed by atoms with Crippen LogP contribution in [0.3, 0.4) is 0 Å². The number of nitrogens with one attached hydrogen (secondary N) is 1. The lowest BCUT2D eigenvalue weighted by molar-refractivity contribution is -0.111. The summed E-state index contributed by atoms with van der Waals surface area (Å²) < 4.78 is 0. The predicted molar refractivity (Wildman–Crippen MR) is 53.2 cm³/mol. The summed E-state index contributed by atoms with van der Waals surface area (Å²) in [5, 5.41) is 12.0. The highest BCUT2D eigenvalue weighted by Gasteiger charge is 2.58. The van der Waals surface area contributed by atoms with Crippen LogP contribution in [0.2, 0.25) is 0 Å². The smallest absolute Gasteiger partial charge is 0.335 e. The molecule has 0 bridgehead atoms. The number of carboxylic acid groups (broad SMARTS) is 1. The van der Waals surface area contributed by atoms with Crippen molar-refractivity contribution in [3.8, 4) is 0 Å². The molecule has 1 spiro atoms. The largest absolute Gasteiger partial charge is 0.478 e. The van der Waals surface area contributed by atoms with Gasteiger partial charge in [-0.1, -0.05) is 0 Å². The molecule has 1 aliphatic carbocycles. The van der Waals surface area contributed by atoms with E-state index in [1.54, 1.807) is 18.2 Å². The van der Waals surface area contributed by atoms with E-state index in [0.29, 0.717) is 13.0 Å². The van der Waals surface area contributed by atoms with Gasteiger partial charge in [-0.2, -0.15) is 0 Å². The van der Waals surface area contributed by atoms with Crippen molar-refractivity contribution in [3.05, 3.63) is 29.3 Å². The highest BCUT2D eigenvalue weighted by atomic mass is 16.4. The Balaban J connectivity index is 2.15. The van der Waals surface area contributed by atoms with Crippen LogP contribution in [0.1, 0.15) is 22.3 Å². The molecule has 4 nitrogen and oxygen atoms in total. The maximum absolute atomic E-state index is 11.4. The molecule has 1 unspecified atom stereocenters. The molecule has 1 atom stereocenters. The number of fused-ring (bicyclic) bond motifs is 2. The van der Waals surface area contributed by atoms with Crippen molar-refractivity contribution in [2.24, 2.45) is 0 Å². The van der Waals surface area contributed by atoms with Crippen LogP contribution < -0.4 is 5.32 Å². The van der Waals surface area contributed by atoms with E-state index < -0.39 is 11.4 Å². The van der Waals surface area contributed by atoms with Gasteiger partial charge in [-0.15, -0.1) is 0 Å². The molecular formula is C11H9NO3. The van der Waals surface area contributed by atoms with Gasteiger partial charge in [0.15, 0.2) is 0 Å². The molecule has 2 N–H and O–H groups in total. The Morgan fingerprint density at radius 2 is 2.20 bits per heavy atom. The van der Waals surface area contributed by atoms with Crippen LogP contribution in [-0.4, -0.2) is 23.4 Å². The first-order chi connectivity index (χ1) is 7.13. The molecule has 1 fully saturated rings. The number of hydrogen-bond donors (Lipinski definition) is 2. The Morgan fingerprint density at radius 3 is 2.80 bits per heavy atom. The van der Waals surface area contributed by atoms with Crippen LogP contribution in [0.5, 0.6) is 0 Å². The third kappa shape index (κ3) is 0.960. The lowest BCUT2D eigenvalue weighted by Gasteiger charge is -2.04.